The first-order chi connectivity index (χ1) is 14.9. The van der Waals surface area contributed by atoms with Gasteiger partial charge in [-0.1, -0.05) is 167 Å². The fourth-order valence-electron chi connectivity index (χ4n) is 4.30. The summed E-state index contributed by atoms with van der Waals surface area (Å²) in [4.78, 5) is 0. The third kappa shape index (κ3) is 27.7. The number of allylic oxidation sites excluding steroid dienone is 2. The standard InChI is InChI=1S/C30H58/c1-3-5-7-9-11-13-15-17-19-21-23-25-27-29-30-28-26-24-22-20-18-16-14-12-10-8-6-4-2/h15,17H,1-14,16,18-30H2. The summed E-state index contributed by atoms with van der Waals surface area (Å²) in [5.74, 6) is 0. The molecule has 0 unspecified atom stereocenters. The second kappa shape index (κ2) is 28.7. The lowest BCUT2D eigenvalue weighted by Gasteiger charge is -2.03. The molecule has 0 aromatic rings. The summed E-state index contributed by atoms with van der Waals surface area (Å²) in [5.41, 5.74) is 0. The number of hydrogen-bond donors (Lipinski definition) is 0. The zero-order chi connectivity index (χ0) is 21.8. The largest absolute Gasteiger partial charge is 0.0885 e. The van der Waals surface area contributed by atoms with Crippen LogP contribution >= 0.6 is 0 Å². The van der Waals surface area contributed by atoms with Crippen molar-refractivity contribution < 1.29 is 0 Å². The van der Waals surface area contributed by atoms with E-state index in [9.17, 15) is 0 Å². The van der Waals surface area contributed by atoms with Crippen LogP contribution in [-0.4, -0.2) is 0 Å². The van der Waals surface area contributed by atoms with Gasteiger partial charge < -0.3 is 0 Å². The van der Waals surface area contributed by atoms with Gasteiger partial charge in [0, 0.05) is 0 Å². The van der Waals surface area contributed by atoms with Crippen molar-refractivity contribution in [1.29, 1.82) is 0 Å². The minimum Gasteiger partial charge on any atom is -0.0885 e. The van der Waals surface area contributed by atoms with Gasteiger partial charge in [0.25, 0.3) is 0 Å². The van der Waals surface area contributed by atoms with Crippen molar-refractivity contribution in [2.24, 2.45) is 0 Å². The molecule has 0 heteroatoms. The zero-order valence-electron chi connectivity index (χ0n) is 21.0. The summed E-state index contributed by atoms with van der Waals surface area (Å²) in [6.45, 7) is 7.82. The van der Waals surface area contributed by atoms with E-state index in [4.69, 9.17) is 0 Å². The summed E-state index contributed by atoms with van der Waals surface area (Å²) >= 11 is 0. The molecule has 0 aliphatic carbocycles. The van der Waals surface area contributed by atoms with Gasteiger partial charge in [0.2, 0.25) is 0 Å². The molecule has 0 saturated heterocycles. The maximum atomic E-state index is 3.91. The Bertz CT molecular complexity index is 303. The molecule has 0 aliphatic heterocycles. The molecule has 0 heterocycles. The van der Waals surface area contributed by atoms with Gasteiger partial charge in [-0.05, 0) is 25.7 Å². The van der Waals surface area contributed by atoms with Gasteiger partial charge in [-0.25, -0.2) is 0 Å². The molecule has 0 N–H and O–H groups in total. The Hall–Kier alpha value is -0.260. The third-order valence-electron chi connectivity index (χ3n) is 6.41. The van der Waals surface area contributed by atoms with E-state index in [2.05, 4.69) is 26.0 Å². The Morgan fingerprint density at radius 1 is 0.267 bits per heavy atom. The molecule has 2 radical (unpaired) electrons. The van der Waals surface area contributed by atoms with Crippen LogP contribution in [0.25, 0.3) is 0 Å². The Morgan fingerprint density at radius 2 is 0.467 bits per heavy atom. The topological polar surface area (TPSA) is 0 Å². The fourth-order valence-corrected chi connectivity index (χ4v) is 4.30. The van der Waals surface area contributed by atoms with Crippen molar-refractivity contribution >= 4 is 0 Å². The van der Waals surface area contributed by atoms with E-state index in [0.717, 1.165) is 12.8 Å². The van der Waals surface area contributed by atoms with Crippen molar-refractivity contribution in [3.05, 3.63) is 26.0 Å². The summed E-state index contributed by atoms with van der Waals surface area (Å²) in [5, 5.41) is 0. The number of rotatable bonds is 26. The first-order valence-corrected chi connectivity index (χ1v) is 14.1. The summed E-state index contributed by atoms with van der Waals surface area (Å²) in [6, 6.07) is 0. The predicted octanol–water partition coefficient (Wildman–Crippen LogP) is 11.4. The van der Waals surface area contributed by atoms with Gasteiger partial charge in [0.15, 0.2) is 0 Å². The Kier molecular flexibility index (Phi) is 28.5. The average molecular weight is 419 g/mol. The maximum Gasteiger partial charge on any atom is -0.0351 e. The molecular formula is C30H58. The summed E-state index contributed by atoms with van der Waals surface area (Å²) < 4.78 is 0. The third-order valence-corrected chi connectivity index (χ3v) is 6.41. The van der Waals surface area contributed by atoms with Crippen LogP contribution < -0.4 is 0 Å². The maximum absolute atomic E-state index is 3.91. The zero-order valence-corrected chi connectivity index (χ0v) is 21.0. The van der Waals surface area contributed by atoms with Crippen molar-refractivity contribution in [2.45, 2.75) is 167 Å². The van der Waals surface area contributed by atoms with E-state index >= 15 is 0 Å². The SMILES string of the molecule is [CH2]CCCCCCC=CCCCCCCCCCCCCCCCCCCCC[CH2]. The van der Waals surface area contributed by atoms with E-state index in [1.54, 1.807) is 0 Å². The molecule has 0 fully saturated rings. The van der Waals surface area contributed by atoms with Gasteiger partial charge in [0.05, 0.1) is 0 Å². The lowest BCUT2D eigenvalue weighted by molar-refractivity contribution is 0.524. The van der Waals surface area contributed by atoms with Gasteiger partial charge in [-0.2, -0.15) is 0 Å². The first-order valence-electron chi connectivity index (χ1n) is 14.1. The van der Waals surface area contributed by atoms with Crippen LogP contribution in [0.15, 0.2) is 12.2 Å². The molecule has 30 heavy (non-hydrogen) atoms. The van der Waals surface area contributed by atoms with Gasteiger partial charge in [-0.3, -0.25) is 0 Å². The van der Waals surface area contributed by atoms with Crippen molar-refractivity contribution in [3.8, 4) is 0 Å². The first kappa shape index (κ1) is 29.7. The van der Waals surface area contributed by atoms with Crippen LogP contribution in [0.5, 0.6) is 0 Å². The van der Waals surface area contributed by atoms with Gasteiger partial charge in [-0.15, -0.1) is 0 Å². The molecule has 178 valence electrons. The smallest absolute Gasteiger partial charge is 0.0351 e. The molecule has 0 aliphatic rings. The van der Waals surface area contributed by atoms with E-state index in [0.29, 0.717) is 0 Å². The normalized spacial score (nSPS) is 11.7. The average Bonchev–Trinajstić information content (AvgIpc) is 2.76. The second-order valence-electron chi connectivity index (χ2n) is 9.53. The minimum atomic E-state index is 1.11. The van der Waals surface area contributed by atoms with E-state index in [1.807, 2.05) is 0 Å². The molecule has 0 aromatic heterocycles. The predicted molar refractivity (Wildman–Crippen MR) is 140 cm³/mol. The molecular weight excluding hydrogens is 360 g/mol. The van der Waals surface area contributed by atoms with E-state index < -0.39 is 0 Å². The van der Waals surface area contributed by atoms with Crippen molar-refractivity contribution in [2.75, 3.05) is 0 Å². The summed E-state index contributed by atoms with van der Waals surface area (Å²) in [7, 11) is 0. The van der Waals surface area contributed by atoms with Crippen LogP contribution in [0.3, 0.4) is 0 Å². The van der Waals surface area contributed by atoms with Crippen LogP contribution in [0.4, 0.5) is 0 Å². The molecule has 0 spiro atoms. The molecule has 0 saturated carbocycles. The molecule has 0 aromatic carbocycles. The minimum absolute atomic E-state index is 1.11. The highest BCUT2D eigenvalue weighted by Crippen LogP contribution is 2.15. The lowest BCUT2D eigenvalue weighted by atomic mass is 10.0. The number of unbranched alkanes of at least 4 members (excludes halogenated alkanes) is 24. The molecule has 0 rings (SSSR count). The van der Waals surface area contributed by atoms with Gasteiger partial charge in [0.1, 0.15) is 0 Å². The highest BCUT2D eigenvalue weighted by Gasteiger charge is 1.95. The molecule has 0 atom stereocenters. The Morgan fingerprint density at radius 3 is 0.700 bits per heavy atom. The second-order valence-corrected chi connectivity index (χ2v) is 9.53. The molecule has 0 nitrogen and oxygen atoms in total. The van der Waals surface area contributed by atoms with E-state index in [-0.39, 0.29) is 0 Å². The van der Waals surface area contributed by atoms with Crippen LogP contribution in [0.1, 0.15) is 167 Å². The number of hydrogen-bond acceptors (Lipinski definition) is 0. The Balaban J connectivity index is 3.03. The van der Waals surface area contributed by atoms with Gasteiger partial charge >= 0.3 is 0 Å². The van der Waals surface area contributed by atoms with E-state index in [1.165, 1.54) is 154 Å². The Labute approximate surface area is 193 Å². The van der Waals surface area contributed by atoms with Crippen molar-refractivity contribution in [1.82, 2.24) is 0 Å². The monoisotopic (exact) mass is 418 g/mol. The molecule has 0 bridgehead atoms. The van der Waals surface area contributed by atoms with Crippen LogP contribution in [0.2, 0.25) is 0 Å². The molecule has 0 amide bonds. The highest BCUT2D eigenvalue weighted by atomic mass is 14.0. The van der Waals surface area contributed by atoms with Crippen molar-refractivity contribution in [3.63, 3.8) is 0 Å². The summed E-state index contributed by atoms with van der Waals surface area (Å²) in [6.07, 6.45) is 41.2. The van der Waals surface area contributed by atoms with Crippen LogP contribution in [-0.2, 0) is 0 Å². The fraction of sp³-hybridized carbons (Fsp3) is 0.867. The van der Waals surface area contributed by atoms with Crippen LogP contribution in [0, 0.1) is 13.8 Å². The highest BCUT2D eigenvalue weighted by molar-refractivity contribution is 4.81. The lowest BCUT2D eigenvalue weighted by Crippen LogP contribution is -1.84. The quantitative estimate of drug-likeness (QED) is 0.0967.